The minimum atomic E-state index is -0.460. The third-order valence-corrected chi connectivity index (χ3v) is 6.47. The lowest BCUT2D eigenvalue weighted by Crippen LogP contribution is -2.60. The zero-order valence-corrected chi connectivity index (χ0v) is 13.5. The smallest absolute Gasteiger partial charge is 0.252 e. The van der Waals surface area contributed by atoms with Gasteiger partial charge < -0.3 is 21.1 Å². The molecule has 24 heavy (non-hydrogen) atoms. The number of rotatable bonds is 3. The number of nitrogens with two attached hydrogens (primary N) is 1. The number of primary amides is 1. The van der Waals surface area contributed by atoms with Crippen LogP contribution in [-0.4, -0.2) is 32.6 Å². The molecule has 126 valence electrons. The molecular formula is C18H22N4O2. The number of anilines is 1. The molecule has 4 saturated carbocycles. The van der Waals surface area contributed by atoms with E-state index >= 15 is 0 Å². The first kappa shape index (κ1) is 14.3. The van der Waals surface area contributed by atoms with Gasteiger partial charge in [0.15, 0.2) is 0 Å². The van der Waals surface area contributed by atoms with Crippen molar-refractivity contribution in [2.45, 2.75) is 43.7 Å². The Kier molecular flexibility index (Phi) is 2.81. The van der Waals surface area contributed by atoms with Crippen LogP contribution in [0.4, 0.5) is 5.69 Å². The molecule has 6 rings (SSSR count). The summed E-state index contributed by atoms with van der Waals surface area (Å²) in [6.07, 6.45) is 8.55. The van der Waals surface area contributed by atoms with Crippen LogP contribution in [0.15, 0.2) is 18.5 Å². The van der Waals surface area contributed by atoms with Gasteiger partial charge >= 0.3 is 0 Å². The lowest BCUT2D eigenvalue weighted by molar-refractivity contribution is -0.0960. The highest BCUT2D eigenvalue weighted by Crippen LogP contribution is 2.57. The highest BCUT2D eigenvalue weighted by Gasteiger charge is 2.55. The summed E-state index contributed by atoms with van der Waals surface area (Å²) in [5, 5.41) is 15.1. The molecule has 4 fully saturated rings. The zero-order valence-electron chi connectivity index (χ0n) is 13.5. The Morgan fingerprint density at radius 1 is 1.33 bits per heavy atom. The van der Waals surface area contributed by atoms with E-state index in [1.807, 2.05) is 12.3 Å². The van der Waals surface area contributed by atoms with E-state index in [1.165, 1.54) is 0 Å². The molecule has 3 unspecified atom stereocenters. The third-order valence-electron chi connectivity index (χ3n) is 6.47. The number of aromatic amines is 1. The second-order valence-electron chi connectivity index (χ2n) is 8.02. The van der Waals surface area contributed by atoms with Crippen molar-refractivity contribution in [1.29, 1.82) is 0 Å². The Bertz CT molecular complexity index is 814. The van der Waals surface area contributed by atoms with E-state index in [1.54, 1.807) is 6.20 Å². The highest BCUT2D eigenvalue weighted by molar-refractivity contribution is 6.06. The summed E-state index contributed by atoms with van der Waals surface area (Å²) in [6, 6.07) is 1.94. The predicted molar refractivity (Wildman–Crippen MR) is 90.5 cm³/mol. The number of aliphatic hydroxyl groups is 1. The first-order chi connectivity index (χ1) is 11.5. The van der Waals surface area contributed by atoms with Crippen molar-refractivity contribution < 1.29 is 9.90 Å². The van der Waals surface area contributed by atoms with Crippen molar-refractivity contribution in [3.05, 3.63) is 24.0 Å². The molecule has 0 aromatic carbocycles. The summed E-state index contributed by atoms with van der Waals surface area (Å²) in [6.45, 7) is 0. The van der Waals surface area contributed by atoms with Crippen LogP contribution < -0.4 is 11.1 Å². The summed E-state index contributed by atoms with van der Waals surface area (Å²) < 4.78 is 0. The molecule has 6 nitrogen and oxygen atoms in total. The molecule has 5 N–H and O–H groups in total. The number of pyridine rings is 1. The molecule has 4 aliphatic carbocycles. The average Bonchev–Trinajstić information content (AvgIpc) is 3.00. The van der Waals surface area contributed by atoms with E-state index in [-0.39, 0.29) is 11.6 Å². The number of carbonyl (C=O) groups is 1. The summed E-state index contributed by atoms with van der Waals surface area (Å²) in [4.78, 5) is 19.3. The lowest BCUT2D eigenvalue weighted by atomic mass is 9.51. The van der Waals surface area contributed by atoms with Crippen molar-refractivity contribution in [2.75, 3.05) is 5.32 Å². The second kappa shape index (κ2) is 4.72. The molecule has 1 amide bonds. The van der Waals surface area contributed by atoms with Gasteiger partial charge in [0.1, 0.15) is 5.65 Å². The number of H-pyrrole nitrogens is 1. The van der Waals surface area contributed by atoms with Gasteiger partial charge in [-0.2, -0.15) is 0 Å². The van der Waals surface area contributed by atoms with Crippen molar-refractivity contribution in [2.24, 2.45) is 23.5 Å². The zero-order chi connectivity index (χ0) is 16.5. The number of hydrogen-bond acceptors (Lipinski definition) is 4. The van der Waals surface area contributed by atoms with Gasteiger partial charge in [-0.05, 0) is 55.9 Å². The van der Waals surface area contributed by atoms with Crippen LogP contribution in [0.3, 0.4) is 0 Å². The number of aliphatic hydroxyl groups excluding tert-OH is 1. The molecule has 2 aromatic heterocycles. The largest absolute Gasteiger partial charge is 0.393 e. The molecule has 6 heteroatoms. The molecule has 2 heterocycles. The summed E-state index contributed by atoms with van der Waals surface area (Å²) in [7, 11) is 0. The SMILES string of the molecule is NC(=O)c1cnc2[nH]ccc2c1NC12CC3C[C@H](C1)C(O)[C@@H](C3)C2. The topological polar surface area (TPSA) is 104 Å². The van der Waals surface area contributed by atoms with E-state index in [0.29, 0.717) is 23.3 Å². The van der Waals surface area contributed by atoms with Crippen LogP contribution in [0.1, 0.15) is 42.5 Å². The highest BCUT2D eigenvalue weighted by atomic mass is 16.3. The predicted octanol–water partition coefficient (Wildman–Crippen LogP) is 2.01. The Labute approximate surface area is 139 Å². The van der Waals surface area contributed by atoms with E-state index in [4.69, 9.17) is 5.73 Å². The Morgan fingerprint density at radius 3 is 2.79 bits per heavy atom. The maximum absolute atomic E-state index is 11.9. The van der Waals surface area contributed by atoms with Crippen LogP contribution in [0.25, 0.3) is 11.0 Å². The van der Waals surface area contributed by atoms with Crippen LogP contribution in [-0.2, 0) is 0 Å². The van der Waals surface area contributed by atoms with E-state index in [2.05, 4.69) is 15.3 Å². The number of amides is 1. The van der Waals surface area contributed by atoms with Crippen molar-refractivity contribution in [3.63, 3.8) is 0 Å². The third kappa shape index (κ3) is 1.92. The number of nitrogens with zero attached hydrogens (tertiary/aromatic N) is 1. The minimum absolute atomic E-state index is 0.0362. The Morgan fingerprint density at radius 2 is 2.08 bits per heavy atom. The number of hydrogen-bond donors (Lipinski definition) is 4. The van der Waals surface area contributed by atoms with Gasteiger partial charge in [-0.3, -0.25) is 4.79 Å². The first-order valence-corrected chi connectivity index (χ1v) is 8.77. The summed E-state index contributed by atoms with van der Waals surface area (Å²) in [5.41, 5.74) is 7.55. The fraction of sp³-hybridized carbons (Fsp3) is 0.556. The van der Waals surface area contributed by atoms with Gasteiger partial charge in [-0.25, -0.2) is 4.98 Å². The van der Waals surface area contributed by atoms with Gasteiger partial charge in [0.25, 0.3) is 5.91 Å². The summed E-state index contributed by atoms with van der Waals surface area (Å²) >= 11 is 0. The van der Waals surface area contributed by atoms with Gasteiger partial charge in [0.2, 0.25) is 0 Å². The molecule has 4 bridgehead atoms. The van der Waals surface area contributed by atoms with E-state index in [9.17, 15) is 9.90 Å². The Balaban J connectivity index is 1.58. The van der Waals surface area contributed by atoms with Gasteiger partial charge in [-0.15, -0.1) is 0 Å². The van der Waals surface area contributed by atoms with Gasteiger partial charge in [0, 0.05) is 23.3 Å². The maximum Gasteiger partial charge on any atom is 0.252 e. The van der Waals surface area contributed by atoms with Gasteiger partial charge in [-0.1, -0.05) is 0 Å². The van der Waals surface area contributed by atoms with Crippen LogP contribution in [0.5, 0.6) is 0 Å². The number of carbonyl (C=O) groups excluding carboxylic acids is 1. The quantitative estimate of drug-likeness (QED) is 0.692. The molecule has 0 radical (unpaired) electrons. The van der Waals surface area contributed by atoms with Crippen molar-refractivity contribution in [3.8, 4) is 0 Å². The molecule has 0 spiro atoms. The minimum Gasteiger partial charge on any atom is -0.393 e. The molecular weight excluding hydrogens is 304 g/mol. The maximum atomic E-state index is 11.9. The number of aromatic nitrogens is 2. The molecule has 5 atom stereocenters. The number of fused-ring (bicyclic) bond motifs is 1. The summed E-state index contributed by atoms with van der Waals surface area (Å²) in [5.74, 6) is 0.977. The lowest BCUT2D eigenvalue weighted by Gasteiger charge is -2.59. The molecule has 2 aromatic rings. The monoisotopic (exact) mass is 326 g/mol. The fourth-order valence-electron chi connectivity index (χ4n) is 5.75. The fourth-order valence-corrected chi connectivity index (χ4v) is 5.75. The van der Waals surface area contributed by atoms with Gasteiger partial charge in [0.05, 0.1) is 17.4 Å². The standard InChI is InChI=1S/C18H22N4O2/c19-16(24)13-8-21-17-12(1-2-20-17)14(13)22-18-5-9-3-10(6-18)15(23)11(4-9)7-18/h1-2,8-11,15,23H,3-7H2,(H2,19,24)(H2,20,21,22)/t9?,10-,11+,15?,18?. The molecule has 0 saturated heterocycles. The van der Waals surface area contributed by atoms with Crippen molar-refractivity contribution >= 4 is 22.6 Å². The van der Waals surface area contributed by atoms with Crippen molar-refractivity contribution in [1.82, 2.24) is 9.97 Å². The van der Waals surface area contributed by atoms with Crippen LogP contribution in [0.2, 0.25) is 0 Å². The van der Waals surface area contributed by atoms with Crippen LogP contribution >= 0.6 is 0 Å². The first-order valence-electron chi connectivity index (χ1n) is 8.77. The Hall–Kier alpha value is -2.08. The number of nitrogens with one attached hydrogen (secondary N) is 2. The molecule has 4 aliphatic rings. The normalized spacial score (nSPS) is 37.0. The molecule has 0 aliphatic heterocycles. The van der Waals surface area contributed by atoms with E-state index in [0.717, 1.165) is 48.8 Å². The van der Waals surface area contributed by atoms with E-state index < -0.39 is 5.91 Å². The average molecular weight is 326 g/mol. The second-order valence-corrected chi connectivity index (χ2v) is 8.02. The van der Waals surface area contributed by atoms with Crippen LogP contribution in [0, 0.1) is 17.8 Å².